The average Bonchev–Trinajstić information content (AvgIpc) is 3.51. The number of aliphatic imine (C=N–C) groups is 1. The highest BCUT2D eigenvalue weighted by Gasteiger charge is 2.27. The number of pyridine rings is 1. The average molecular weight is 503 g/mol. The van der Waals surface area contributed by atoms with Gasteiger partial charge in [-0.05, 0) is 62.2 Å². The van der Waals surface area contributed by atoms with Crippen LogP contribution >= 0.6 is 0 Å². The minimum absolute atomic E-state index is 0.00537. The molecule has 5 rings (SSSR count). The van der Waals surface area contributed by atoms with Crippen LogP contribution < -0.4 is 10.1 Å². The van der Waals surface area contributed by atoms with Crippen molar-refractivity contribution in [2.24, 2.45) is 4.99 Å². The number of halogens is 2. The number of ether oxygens (including phenoxy) is 1. The number of hydrogen-bond acceptors (Lipinski definition) is 5. The standard InChI is InChI=1S/C29H28F2N4O2/c1-18(2)37-21-8-9-22-25(16-21)35(17-20-5-3-4-12-32-20)28(29-33-13-14-34-29)27(22)26(36)11-7-19-6-10-23(30)24(31)15-19/h3-6,8-10,12,15-16,18H,7,11,13-14,17H2,1-2H3,(H,33,34). The third-order valence-corrected chi connectivity index (χ3v) is 6.26. The molecule has 0 unspecified atom stereocenters. The molecule has 0 spiro atoms. The van der Waals surface area contributed by atoms with E-state index >= 15 is 0 Å². The molecule has 0 bridgehead atoms. The van der Waals surface area contributed by atoms with Gasteiger partial charge < -0.3 is 14.6 Å². The van der Waals surface area contributed by atoms with Gasteiger partial charge in [0.1, 0.15) is 11.6 Å². The van der Waals surface area contributed by atoms with Crippen molar-refractivity contribution in [2.45, 2.75) is 39.3 Å². The van der Waals surface area contributed by atoms with Gasteiger partial charge in [-0.1, -0.05) is 12.1 Å². The molecule has 0 saturated carbocycles. The Morgan fingerprint density at radius 1 is 1.11 bits per heavy atom. The Morgan fingerprint density at radius 3 is 2.68 bits per heavy atom. The number of amidine groups is 1. The van der Waals surface area contributed by atoms with Gasteiger partial charge in [-0.3, -0.25) is 14.8 Å². The predicted octanol–water partition coefficient (Wildman–Crippen LogP) is 5.32. The molecule has 3 heterocycles. The molecule has 0 saturated heterocycles. The molecule has 6 nitrogen and oxygen atoms in total. The second kappa shape index (κ2) is 10.5. The van der Waals surface area contributed by atoms with Crippen molar-refractivity contribution < 1.29 is 18.3 Å². The van der Waals surface area contributed by atoms with Crippen molar-refractivity contribution in [3.05, 3.63) is 94.9 Å². The number of ketones is 1. The number of carbonyl (C=O) groups is 1. The lowest BCUT2D eigenvalue weighted by molar-refractivity contribution is 0.0984. The van der Waals surface area contributed by atoms with E-state index in [1.54, 1.807) is 6.20 Å². The van der Waals surface area contributed by atoms with E-state index in [2.05, 4.69) is 19.9 Å². The monoisotopic (exact) mass is 502 g/mol. The maximum absolute atomic E-state index is 13.8. The van der Waals surface area contributed by atoms with Crippen molar-refractivity contribution in [3.8, 4) is 5.75 Å². The summed E-state index contributed by atoms with van der Waals surface area (Å²) in [4.78, 5) is 22.9. The maximum atomic E-state index is 13.8. The first-order valence-corrected chi connectivity index (χ1v) is 12.4. The quantitative estimate of drug-likeness (QED) is 0.315. The van der Waals surface area contributed by atoms with Gasteiger partial charge in [-0.25, -0.2) is 8.78 Å². The summed E-state index contributed by atoms with van der Waals surface area (Å²) in [6.45, 7) is 5.67. The molecular formula is C29H28F2N4O2. The number of rotatable bonds is 9. The fourth-order valence-electron chi connectivity index (χ4n) is 4.66. The van der Waals surface area contributed by atoms with Crippen molar-refractivity contribution in [1.82, 2.24) is 14.9 Å². The molecule has 1 aliphatic rings. The zero-order chi connectivity index (χ0) is 25.9. The van der Waals surface area contributed by atoms with Crippen LogP contribution in [0.4, 0.5) is 8.78 Å². The topological polar surface area (TPSA) is 68.5 Å². The molecule has 8 heteroatoms. The van der Waals surface area contributed by atoms with Gasteiger partial charge in [0.15, 0.2) is 17.4 Å². The minimum atomic E-state index is -0.917. The number of nitrogens with one attached hydrogen (secondary N) is 1. The van der Waals surface area contributed by atoms with Crippen molar-refractivity contribution in [2.75, 3.05) is 13.1 Å². The van der Waals surface area contributed by atoms with Crippen molar-refractivity contribution in [3.63, 3.8) is 0 Å². The zero-order valence-electron chi connectivity index (χ0n) is 20.8. The van der Waals surface area contributed by atoms with Gasteiger partial charge in [0.05, 0.1) is 41.7 Å². The van der Waals surface area contributed by atoms with E-state index < -0.39 is 11.6 Å². The summed E-state index contributed by atoms with van der Waals surface area (Å²) in [5, 5.41) is 4.11. The number of carbonyl (C=O) groups excluding carboxylic acids is 1. The number of benzene rings is 2. The van der Waals surface area contributed by atoms with Gasteiger partial charge in [-0.2, -0.15) is 0 Å². The van der Waals surface area contributed by atoms with E-state index in [1.165, 1.54) is 6.07 Å². The van der Waals surface area contributed by atoms with E-state index in [-0.39, 0.29) is 24.7 Å². The van der Waals surface area contributed by atoms with Crippen molar-refractivity contribution >= 4 is 22.5 Å². The SMILES string of the molecule is CC(C)Oc1ccc2c(C(=O)CCc3ccc(F)c(F)c3)c(C3=NCCN3)n(Cc3ccccn3)c2c1. The van der Waals surface area contributed by atoms with Crippen LogP contribution in [0.25, 0.3) is 10.9 Å². The van der Waals surface area contributed by atoms with Gasteiger partial charge in [0.25, 0.3) is 0 Å². The summed E-state index contributed by atoms with van der Waals surface area (Å²) in [7, 11) is 0. The molecule has 4 aromatic rings. The number of nitrogens with zero attached hydrogens (tertiary/aromatic N) is 3. The lowest BCUT2D eigenvalue weighted by atomic mass is 9.99. The van der Waals surface area contributed by atoms with Crippen LogP contribution in [-0.4, -0.2) is 40.4 Å². The molecule has 2 aromatic carbocycles. The zero-order valence-corrected chi connectivity index (χ0v) is 20.8. The third-order valence-electron chi connectivity index (χ3n) is 6.26. The lowest BCUT2D eigenvalue weighted by Crippen LogP contribution is -2.25. The molecule has 190 valence electrons. The summed E-state index contributed by atoms with van der Waals surface area (Å²) in [5.41, 5.74) is 3.50. The number of hydrogen-bond donors (Lipinski definition) is 1. The number of Topliss-reactive ketones (excluding diaryl/α,β-unsaturated/α-hetero) is 1. The summed E-state index contributed by atoms with van der Waals surface area (Å²) >= 11 is 0. The molecule has 1 aliphatic heterocycles. The normalized spacial score (nSPS) is 13.2. The molecule has 0 fully saturated rings. The Morgan fingerprint density at radius 2 is 1.97 bits per heavy atom. The minimum Gasteiger partial charge on any atom is -0.491 e. The molecule has 1 N–H and O–H groups in total. The molecule has 37 heavy (non-hydrogen) atoms. The largest absolute Gasteiger partial charge is 0.491 e. The Balaban J connectivity index is 1.62. The van der Waals surface area contributed by atoms with E-state index in [1.807, 2.05) is 50.2 Å². The van der Waals surface area contributed by atoms with Gasteiger partial charge >= 0.3 is 0 Å². The number of fused-ring (bicyclic) bond motifs is 1. The molecular weight excluding hydrogens is 474 g/mol. The first kappa shape index (κ1) is 24.6. The highest BCUT2D eigenvalue weighted by atomic mass is 19.2. The maximum Gasteiger partial charge on any atom is 0.166 e. The van der Waals surface area contributed by atoms with E-state index in [9.17, 15) is 13.6 Å². The van der Waals surface area contributed by atoms with Crippen molar-refractivity contribution in [1.29, 1.82) is 0 Å². The van der Waals surface area contributed by atoms with Gasteiger partial charge in [0.2, 0.25) is 0 Å². The highest BCUT2D eigenvalue weighted by molar-refractivity contribution is 6.18. The first-order chi connectivity index (χ1) is 17.9. The third kappa shape index (κ3) is 5.23. The number of aromatic nitrogens is 2. The smallest absolute Gasteiger partial charge is 0.166 e. The van der Waals surface area contributed by atoms with Crippen LogP contribution in [0.2, 0.25) is 0 Å². The second-order valence-electron chi connectivity index (χ2n) is 9.31. The summed E-state index contributed by atoms with van der Waals surface area (Å²) in [6, 6.07) is 15.2. The Labute approximate surface area is 214 Å². The fraction of sp³-hybridized carbons (Fsp3) is 0.276. The summed E-state index contributed by atoms with van der Waals surface area (Å²) in [5.74, 6) is -0.552. The van der Waals surface area contributed by atoms with E-state index in [0.29, 0.717) is 48.0 Å². The molecule has 0 amide bonds. The molecule has 0 radical (unpaired) electrons. The van der Waals surface area contributed by atoms with Crippen LogP contribution in [0.15, 0.2) is 65.8 Å². The van der Waals surface area contributed by atoms with E-state index in [4.69, 9.17) is 4.74 Å². The lowest BCUT2D eigenvalue weighted by Gasteiger charge is -2.13. The Hall–Kier alpha value is -4.07. The first-order valence-electron chi connectivity index (χ1n) is 12.4. The summed E-state index contributed by atoms with van der Waals surface area (Å²) < 4.78 is 35.1. The van der Waals surface area contributed by atoms with Gasteiger partial charge in [0, 0.05) is 30.6 Å². The van der Waals surface area contributed by atoms with E-state index in [0.717, 1.165) is 28.7 Å². The molecule has 2 aromatic heterocycles. The Bertz CT molecular complexity index is 1480. The number of aryl methyl sites for hydroxylation is 1. The van der Waals surface area contributed by atoms with Crippen LogP contribution in [0.5, 0.6) is 5.75 Å². The molecule has 0 atom stereocenters. The second-order valence-corrected chi connectivity index (χ2v) is 9.31. The van der Waals surface area contributed by atoms with Crippen LogP contribution in [0, 0.1) is 11.6 Å². The van der Waals surface area contributed by atoms with Crippen LogP contribution in [0.3, 0.4) is 0 Å². The summed E-state index contributed by atoms with van der Waals surface area (Å²) in [6.07, 6.45) is 2.16. The van der Waals surface area contributed by atoms with Gasteiger partial charge in [-0.15, -0.1) is 0 Å². The fourth-order valence-corrected chi connectivity index (χ4v) is 4.66. The van der Waals surface area contributed by atoms with Crippen LogP contribution in [0.1, 0.15) is 47.6 Å². The Kier molecular flexibility index (Phi) is 6.99. The van der Waals surface area contributed by atoms with Crippen LogP contribution in [-0.2, 0) is 13.0 Å². The predicted molar refractivity (Wildman–Crippen MR) is 139 cm³/mol. The highest BCUT2D eigenvalue weighted by Crippen LogP contribution is 2.32. The molecule has 0 aliphatic carbocycles.